The number of aromatic nitrogens is 3. The molecule has 0 radical (unpaired) electrons. The maximum absolute atomic E-state index is 16.9. The summed E-state index contributed by atoms with van der Waals surface area (Å²) in [5.41, 5.74) is 1.51. The van der Waals surface area contributed by atoms with Gasteiger partial charge in [-0.05, 0) is 63.1 Å². The Hall–Kier alpha value is -4.82. The lowest BCUT2D eigenvalue weighted by atomic mass is 9.95. The summed E-state index contributed by atoms with van der Waals surface area (Å²) in [5.74, 6) is 2.25. The van der Waals surface area contributed by atoms with E-state index >= 15 is 4.39 Å². The Morgan fingerprint density at radius 3 is 2.52 bits per heavy atom. The van der Waals surface area contributed by atoms with Crippen LogP contribution in [0, 0.1) is 18.2 Å². The Morgan fingerprint density at radius 1 is 1.08 bits per heavy atom. The van der Waals surface area contributed by atoms with E-state index in [2.05, 4.69) is 20.7 Å². The van der Waals surface area contributed by atoms with E-state index in [1.807, 2.05) is 41.3 Å². The van der Waals surface area contributed by atoms with Crippen LogP contribution in [0.3, 0.4) is 0 Å². The minimum atomic E-state index is -0.696. The Labute approximate surface area is 277 Å². The van der Waals surface area contributed by atoms with Gasteiger partial charge in [0.25, 0.3) is 5.91 Å². The monoisotopic (exact) mass is 646 g/mol. The van der Waals surface area contributed by atoms with E-state index in [1.54, 1.807) is 6.20 Å². The maximum Gasteiger partial charge on any atom is 0.319 e. The lowest BCUT2D eigenvalue weighted by Gasteiger charge is -2.43. The highest BCUT2D eigenvalue weighted by molar-refractivity contribution is 6.02. The molecule has 48 heavy (non-hydrogen) atoms. The van der Waals surface area contributed by atoms with Gasteiger partial charge in [-0.2, -0.15) is 9.97 Å². The smallest absolute Gasteiger partial charge is 0.319 e. The predicted molar refractivity (Wildman–Crippen MR) is 177 cm³/mol. The molecule has 2 aromatic carbocycles. The molecule has 5 saturated heterocycles. The first-order chi connectivity index (χ1) is 23.4. The van der Waals surface area contributed by atoms with Gasteiger partial charge in [0.15, 0.2) is 11.9 Å². The minimum absolute atomic E-state index is 0.0366. The van der Waals surface area contributed by atoms with Gasteiger partial charge in [0, 0.05) is 47.9 Å². The summed E-state index contributed by atoms with van der Waals surface area (Å²) in [4.78, 5) is 45.5. The van der Waals surface area contributed by atoms with Gasteiger partial charge in [0.1, 0.15) is 23.6 Å². The van der Waals surface area contributed by atoms with Crippen molar-refractivity contribution in [2.75, 3.05) is 37.7 Å². The molecule has 4 aromatic rings. The van der Waals surface area contributed by atoms with E-state index < -0.39 is 11.9 Å². The van der Waals surface area contributed by atoms with Gasteiger partial charge in [-0.3, -0.25) is 19.5 Å². The van der Waals surface area contributed by atoms with Crippen LogP contribution in [0.15, 0.2) is 42.6 Å². The summed E-state index contributed by atoms with van der Waals surface area (Å²) in [7, 11) is 0. The van der Waals surface area contributed by atoms with Gasteiger partial charge in [-0.1, -0.05) is 36.3 Å². The van der Waals surface area contributed by atoms with E-state index in [0.717, 1.165) is 62.4 Å². The summed E-state index contributed by atoms with van der Waals surface area (Å²) < 4.78 is 28.5. The van der Waals surface area contributed by atoms with E-state index in [0.29, 0.717) is 42.0 Å². The van der Waals surface area contributed by atoms with Crippen molar-refractivity contribution >= 4 is 39.4 Å². The molecule has 5 fully saturated rings. The minimum Gasteiger partial charge on any atom is -0.461 e. The zero-order valence-corrected chi connectivity index (χ0v) is 26.5. The number of hydrogen-bond donors (Lipinski definition) is 0. The molecule has 2 bridgehead atoms. The van der Waals surface area contributed by atoms with Crippen molar-refractivity contribution in [1.29, 1.82) is 0 Å². The van der Waals surface area contributed by atoms with Gasteiger partial charge >= 0.3 is 12.0 Å². The van der Waals surface area contributed by atoms with Crippen molar-refractivity contribution < 1.29 is 23.5 Å². The average molecular weight is 647 g/mol. The molecule has 7 heterocycles. The number of fused-ring (bicyclic) bond motifs is 5. The second-order valence-corrected chi connectivity index (χ2v) is 13.8. The topological polar surface area (TPSA) is 101 Å². The number of hydrogen-bond acceptors (Lipinski definition) is 9. The third kappa shape index (κ3) is 4.53. The van der Waals surface area contributed by atoms with Crippen LogP contribution in [0.1, 0.15) is 50.5 Å². The number of carbonyl (C=O) groups is 2. The summed E-state index contributed by atoms with van der Waals surface area (Å²) in [5, 5.41) is 2.14. The zero-order chi connectivity index (χ0) is 32.6. The number of amides is 1. The maximum atomic E-state index is 16.9. The first-order valence-corrected chi connectivity index (χ1v) is 16.9. The molecule has 244 valence electrons. The number of halogens is 1. The van der Waals surface area contributed by atoms with Crippen LogP contribution < -0.4 is 9.64 Å². The molecule has 11 heteroatoms. The van der Waals surface area contributed by atoms with Crippen LogP contribution in [-0.2, 0) is 14.3 Å². The first kappa shape index (κ1) is 29.3. The molecule has 0 aliphatic carbocycles. The van der Waals surface area contributed by atoms with Gasteiger partial charge in [-0.15, -0.1) is 6.42 Å². The Balaban J connectivity index is 1.12. The van der Waals surface area contributed by atoms with E-state index in [9.17, 15) is 9.59 Å². The van der Waals surface area contributed by atoms with Crippen molar-refractivity contribution in [1.82, 2.24) is 24.8 Å². The van der Waals surface area contributed by atoms with Crippen LogP contribution in [0.2, 0.25) is 0 Å². The van der Waals surface area contributed by atoms with E-state index in [-0.39, 0.29) is 53.1 Å². The molecule has 1 amide bonds. The number of anilines is 1. The fourth-order valence-corrected chi connectivity index (χ4v) is 8.87. The number of terminal acetylenes is 1. The van der Waals surface area contributed by atoms with Crippen molar-refractivity contribution in [3.8, 4) is 29.6 Å². The molecule has 0 spiro atoms. The number of carbonyl (C=O) groups excluding carboxylic acids is 2. The van der Waals surface area contributed by atoms with E-state index in [1.165, 1.54) is 0 Å². The summed E-state index contributed by atoms with van der Waals surface area (Å²) >= 11 is 0. The Bertz CT molecular complexity index is 2010. The summed E-state index contributed by atoms with van der Waals surface area (Å²) in [6, 6.07) is 11.3. The molecular weight excluding hydrogens is 611 g/mol. The molecule has 2 aromatic heterocycles. The van der Waals surface area contributed by atoms with Crippen LogP contribution in [0.4, 0.5) is 10.2 Å². The second kappa shape index (κ2) is 11.1. The van der Waals surface area contributed by atoms with Crippen molar-refractivity contribution in [2.45, 2.75) is 68.7 Å². The average Bonchev–Trinajstić information content (AvgIpc) is 3.75. The fraction of sp³-hybridized carbons (Fsp3) is 0.432. The quantitative estimate of drug-likeness (QED) is 0.222. The highest BCUT2D eigenvalue weighted by atomic mass is 19.1. The highest BCUT2D eigenvalue weighted by Crippen LogP contribution is 2.41. The SMILES string of the molecule is C#Cc1cccc2cccc(-c3ncc4c(N5CC6CC[C@H](C5)N6C(=O)[C@@H]5CC(=O)O5)nc(OCC56CCCN5CCC6)nc4c3F)c12. The fourth-order valence-electron chi connectivity index (χ4n) is 8.87. The molecule has 5 aliphatic heterocycles. The largest absolute Gasteiger partial charge is 0.461 e. The molecular formula is C37H35FN6O4. The lowest BCUT2D eigenvalue weighted by Crippen LogP contribution is -2.60. The molecule has 1 unspecified atom stereocenters. The second-order valence-electron chi connectivity index (χ2n) is 13.8. The van der Waals surface area contributed by atoms with Crippen molar-refractivity contribution in [3.05, 3.63) is 54.0 Å². The van der Waals surface area contributed by atoms with Gasteiger partial charge in [-0.25, -0.2) is 4.39 Å². The van der Waals surface area contributed by atoms with E-state index in [4.69, 9.17) is 25.9 Å². The predicted octanol–water partition coefficient (Wildman–Crippen LogP) is 4.47. The number of benzene rings is 2. The molecule has 10 nitrogen and oxygen atoms in total. The number of cyclic esters (lactones) is 1. The van der Waals surface area contributed by atoms with Gasteiger partial charge in [0.2, 0.25) is 0 Å². The number of pyridine rings is 1. The number of ether oxygens (including phenoxy) is 2. The van der Waals surface area contributed by atoms with Crippen LogP contribution in [0.25, 0.3) is 32.9 Å². The summed E-state index contributed by atoms with van der Waals surface area (Å²) in [6.45, 7) is 3.58. The van der Waals surface area contributed by atoms with Crippen LogP contribution in [-0.4, -0.2) is 93.1 Å². The van der Waals surface area contributed by atoms with Gasteiger partial charge < -0.3 is 19.3 Å². The standard InChI is InChI=1S/C37H35FN6O4/c1-2-22-7-3-8-23-9-4-10-26(30(22)23)32-31(38)33-27(18-39-32)34(41-36(40-33)47-21-37-13-5-15-43(37)16-6-14-37)42-19-24-11-12-25(20-42)44(24)35(46)28-17-29(45)48-28/h1,3-4,7-10,18,24-25,28H,5-6,11-17,19-21H2/t24-,25?,28+/m1/s1. The molecule has 0 N–H and O–H groups in total. The third-order valence-corrected chi connectivity index (χ3v) is 11.2. The molecule has 0 saturated carbocycles. The molecule has 9 rings (SSSR count). The van der Waals surface area contributed by atoms with Gasteiger partial charge in [0.05, 0.1) is 17.3 Å². The number of esters is 1. The third-order valence-electron chi connectivity index (χ3n) is 11.2. The summed E-state index contributed by atoms with van der Waals surface area (Å²) in [6.07, 6.45) is 13.0. The normalized spacial score (nSPS) is 24.4. The lowest BCUT2D eigenvalue weighted by molar-refractivity contribution is -0.180. The van der Waals surface area contributed by atoms with Crippen LogP contribution in [0.5, 0.6) is 6.01 Å². The highest BCUT2D eigenvalue weighted by Gasteiger charge is 2.49. The van der Waals surface area contributed by atoms with Crippen molar-refractivity contribution in [2.24, 2.45) is 0 Å². The first-order valence-electron chi connectivity index (χ1n) is 16.9. The molecule has 3 atom stereocenters. The number of nitrogens with zero attached hydrogens (tertiary/aromatic N) is 6. The number of rotatable bonds is 6. The number of piperazine rings is 1. The van der Waals surface area contributed by atoms with Crippen molar-refractivity contribution in [3.63, 3.8) is 0 Å². The Morgan fingerprint density at radius 2 is 1.81 bits per heavy atom. The molecule has 5 aliphatic rings. The zero-order valence-electron chi connectivity index (χ0n) is 26.5. The Kier molecular flexibility index (Phi) is 6.80. The van der Waals surface area contributed by atoms with Crippen LogP contribution >= 0.6 is 0 Å².